The fourth-order valence-corrected chi connectivity index (χ4v) is 2.15. The maximum Gasteiger partial charge on any atom is 0.352 e. The van der Waals surface area contributed by atoms with Crippen LogP contribution in [0.4, 0.5) is 0 Å². The van der Waals surface area contributed by atoms with Crippen LogP contribution in [0.5, 0.6) is 0 Å². The Bertz CT molecular complexity index is 493. The van der Waals surface area contributed by atoms with Gasteiger partial charge in [0.05, 0.1) is 0 Å². The van der Waals surface area contributed by atoms with Crippen LogP contribution in [0.25, 0.3) is 0 Å². The summed E-state index contributed by atoms with van der Waals surface area (Å²) in [4.78, 5) is 24.0. The number of amides is 1. The third kappa shape index (κ3) is 2.43. The molecule has 0 spiro atoms. The van der Waals surface area contributed by atoms with E-state index in [1.807, 2.05) is 29.1 Å². The fraction of sp³-hybridized carbons (Fsp3) is 0.333. The minimum atomic E-state index is -1.07. The number of carboxylic acids is 1. The Morgan fingerprint density at radius 2 is 2.06 bits per heavy atom. The van der Waals surface area contributed by atoms with Gasteiger partial charge in [-0.3, -0.25) is 4.79 Å². The van der Waals surface area contributed by atoms with Gasteiger partial charge in [0.25, 0.3) is 0 Å². The molecule has 1 aliphatic rings. The van der Waals surface area contributed by atoms with E-state index in [4.69, 9.17) is 0 Å². The number of carbonyl (C=O) groups is 2. The first kappa shape index (κ1) is 12.8. The molecule has 0 saturated carbocycles. The van der Waals surface area contributed by atoms with Crippen LogP contribution in [0, 0.1) is 0 Å². The van der Waals surface area contributed by atoms with E-state index in [1.165, 1.54) is 4.90 Å². The number of thiol groups is 1. The van der Waals surface area contributed by atoms with Gasteiger partial charge in [0.2, 0.25) is 5.91 Å². The van der Waals surface area contributed by atoms with Crippen LogP contribution < -0.4 is 0 Å². The molecule has 1 fully saturated rings. The first-order valence-corrected chi connectivity index (χ1v) is 6.24. The number of aliphatic carboxylic acids is 1. The zero-order chi connectivity index (χ0) is 13.1. The molecule has 1 saturated heterocycles. The van der Waals surface area contributed by atoms with Crippen LogP contribution in [-0.2, 0) is 16.1 Å². The zero-order valence-electron chi connectivity index (χ0n) is 9.74. The minimum absolute atomic E-state index is 0.0787. The second kappa shape index (κ2) is 5.30. The fourth-order valence-electron chi connectivity index (χ4n) is 1.90. The molecule has 0 aromatic carbocycles. The van der Waals surface area contributed by atoms with E-state index in [1.54, 1.807) is 0 Å². The molecule has 96 valence electrons. The van der Waals surface area contributed by atoms with Crippen molar-refractivity contribution in [1.82, 2.24) is 9.47 Å². The van der Waals surface area contributed by atoms with Gasteiger partial charge < -0.3 is 14.6 Å². The summed E-state index contributed by atoms with van der Waals surface area (Å²) in [6.45, 7) is 0.908. The predicted octanol–water partition coefficient (Wildman–Crippen LogP) is 0.989. The highest BCUT2D eigenvalue weighted by Crippen LogP contribution is 2.21. The second-order valence-corrected chi connectivity index (χ2v) is 4.38. The number of hydrogen-bond donors (Lipinski definition) is 2. The molecule has 2 heterocycles. The van der Waals surface area contributed by atoms with Gasteiger partial charge in [-0.1, -0.05) is 0 Å². The summed E-state index contributed by atoms with van der Waals surface area (Å²) >= 11 is 4.18. The molecule has 0 atom stereocenters. The lowest BCUT2D eigenvalue weighted by atomic mass is 10.1. The Morgan fingerprint density at radius 1 is 1.39 bits per heavy atom. The van der Waals surface area contributed by atoms with Gasteiger partial charge in [0.15, 0.2) is 0 Å². The topological polar surface area (TPSA) is 62.5 Å². The standard InChI is InChI=1S/C12H14N2O3S/c15-10-3-6-14(10)11(12(16)17)9(8-18)7-13-4-1-2-5-13/h1-2,4-5,18H,3,6-8H2,(H,16,17)/b11-9-. The summed E-state index contributed by atoms with van der Waals surface area (Å²) in [6.07, 6.45) is 4.11. The molecule has 1 aromatic heterocycles. The SMILES string of the molecule is O=C(O)/C(=C(/CS)Cn1cccc1)N1CCC1=O. The Balaban J connectivity index is 2.30. The predicted molar refractivity (Wildman–Crippen MR) is 69.3 cm³/mol. The van der Waals surface area contributed by atoms with Gasteiger partial charge in [-0.25, -0.2) is 4.79 Å². The summed E-state index contributed by atoms with van der Waals surface area (Å²) in [7, 11) is 0. The Hall–Kier alpha value is -1.69. The van der Waals surface area contributed by atoms with E-state index in [9.17, 15) is 14.7 Å². The van der Waals surface area contributed by atoms with E-state index in [2.05, 4.69) is 12.6 Å². The Kier molecular flexibility index (Phi) is 3.76. The first-order valence-electron chi connectivity index (χ1n) is 5.60. The summed E-state index contributed by atoms with van der Waals surface area (Å²) in [5, 5.41) is 9.26. The Morgan fingerprint density at radius 3 is 2.44 bits per heavy atom. The normalized spacial score (nSPS) is 16.3. The molecule has 1 aliphatic heterocycles. The van der Waals surface area contributed by atoms with Crippen molar-refractivity contribution >= 4 is 24.5 Å². The number of aromatic nitrogens is 1. The molecular formula is C12H14N2O3S. The van der Waals surface area contributed by atoms with Gasteiger partial charge in [0.1, 0.15) is 5.70 Å². The van der Waals surface area contributed by atoms with Crippen LogP contribution in [0.1, 0.15) is 6.42 Å². The van der Waals surface area contributed by atoms with Crippen molar-refractivity contribution < 1.29 is 14.7 Å². The van der Waals surface area contributed by atoms with Crippen LogP contribution in [-0.4, -0.2) is 38.7 Å². The molecule has 1 aromatic rings. The Labute approximate surface area is 110 Å². The number of nitrogens with zero attached hydrogens (tertiary/aromatic N) is 2. The number of hydrogen-bond acceptors (Lipinski definition) is 3. The average molecular weight is 266 g/mol. The summed E-state index contributed by atoms with van der Waals surface area (Å²) in [5.41, 5.74) is 0.713. The quantitative estimate of drug-likeness (QED) is 0.474. The highest BCUT2D eigenvalue weighted by atomic mass is 32.1. The van der Waals surface area contributed by atoms with E-state index >= 15 is 0 Å². The van der Waals surface area contributed by atoms with Gasteiger partial charge in [0, 0.05) is 37.7 Å². The lowest BCUT2D eigenvalue weighted by Gasteiger charge is -2.32. The lowest BCUT2D eigenvalue weighted by molar-refractivity contribution is -0.144. The number of carboxylic acid groups (broad SMARTS) is 1. The van der Waals surface area contributed by atoms with Crippen molar-refractivity contribution in [2.24, 2.45) is 0 Å². The minimum Gasteiger partial charge on any atom is -0.477 e. The summed E-state index contributed by atoms with van der Waals surface area (Å²) < 4.78 is 1.86. The molecule has 1 amide bonds. The van der Waals surface area contributed by atoms with E-state index < -0.39 is 5.97 Å². The van der Waals surface area contributed by atoms with E-state index in [0.717, 1.165) is 0 Å². The van der Waals surface area contributed by atoms with Crippen molar-refractivity contribution in [2.45, 2.75) is 13.0 Å². The number of carbonyl (C=O) groups excluding carboxylic acids is 1. The number of rotatable bonds is 5. The monoisotopic (exact) mass is 266 g/mol. The molecular weight excluding hydrogens is 252 g/mol. The molecule has 0 radical (unpaired) electrons. The molecule has 0 unspecified atom stereocenters. The lowest BCUT2D eigenvalue weighted by Crippen LogP contribution is -2.45. The van der Waals surface area contributed by atoms with Gasteiger partial charge in [-0.05, 0) is 17.7 Å². The zero-order valence-corrected chi connectivity index (χ0v) is 10.6. The van der Waals surface area contributed by atoms with Gasteiger partial charge >= 0.3 is 5.97 Å². The maximum absolute atomic E-state index is 11.4. The molecule has 6 heteroatoms. The van der Waals surface area contributed by atoms with Crippen molar-refractivity contribution in [3.8, 4) is 0 Å². The molecule has 0 aliphatic carbocycles. The molecule has 2 rings (SSSR count). The van der Waals surface area contributed by atoms with Crippen LogP contribution in [0.3, 0.4) is 0 Å². The highest BCUT2D eigenvalue weighted by Gasteiger charge is 2.32. The van der Waals surface area contributed by atoms with Crippen molar-refractivity contribution in [3.63, 3.8) is 0 Å². The number of likely N-dealkylation sites (tertiary alicyclic amines) is 1. The maximum atomic E-state index is 11.4. The van der Waals surface area contributed by atoms with E-state index in [-0.39, 0.29) is 11.6 Å². The van der Waals surface area contributed by atoms with Crippen molar-refractivity contribution in [2.75, 3.05) is 12.3 Å². The van der Waals surface area contributed by atoms with Crippen LogP contribution >= 0.6 is 12.6 Å². The molecule has 18 heavy (non-hydrogen) atoms. The number of β-lactam (4-membered cyclic amide) rings is 1. The molecule has 0 bridgehead atoms. The van der Waals surface area contributed by atoms with Crippen LogP contribution in [0.2, 0.25) is 0 Å². The smallest absolute Gasteiger partial charge is 0.352 e. The van der Waals surface area contributed by atoms with Gasteiger partial charge in [-0.2, -0.15) is 12.6 Å². The third-order valence-corrected chi connectivity index (χ3v) is 3.27. The highest BCUT2D eigenvalue weighted by molar-refractivity contribution is 7.80. The molecule has 5 nitrogen and oxygen atoms in total. The van der Waals surface area contributed by atoms with Crippen LogP contribution in [0.15, 0.2) is 35.8 Å². The van der Waals surface area contributed by atoms with E-state index in [0.29, 0.717) is 30.8 Å². The van der Waals surface area contributed by atoms with Crippen molar-refractivity contribution in [1.29, 1.82) is 0 Å². The summed E-state index contributed by atoms with van der Waals surface area (Å²) in [5.74, 6) is -0.901. The first-order chi connectivity index (χ1) is 8.63. The largest absolute Gasteiger partial charge is 0.477 e. The van der Waals surface area contributed by atoms with Gasteiger partial charge in [-0.15, -0.1) is 0 Å². The average Bonchev–Trinajstić information content (AvgIpc) is 2.83. The summed E-state index contributed by atoms with van der Waals surface area (Å²) in [6, 6.07) is 3.73. The van der Waals surface area contributed by atoms with Crippen molar-refractivity contribution in [3.05, 3.63) is 35.8 Å². The third-order valence-electron chi connectivity index (χ3n) is 2.89. The molecule has 1 N–H and O–H groups in total. The second-order valence-electron chi connectivity index (χ2n) is 4.07.